The summed E-state index contributed by atoms with van der Waals surface area (Å²) in [6.45, 7) is 6.08. The number of carbonyl (C=O) groups is 1. The van der Waals surface area contributed by atoms with E-state index in [0.717, 1.165) is 12.0 Å². The van der Waals surface area contributed by atoms with Gasteiger partial charge in [0.1, 0.15) is 17.1 Å². The lowest BCUT2D eigenvalue weighted by atomic mass is 9.71. The number of hydrogen-bond donors (Lipinski definition) is 1. The van der Waals surface area contributed by atoms with Crippen molar-refractivity contribution >= 4 is 11.5 Å². The molecule has 1 saturated heterocycles. The van der Waals surface area contributed by atoms with Crippen LogP contribution in [0.4, 0.5) is 5.69 Å². The van der Waals surface area contributed by atoms with Gasteiger partial charge in [-0.2, -0.15) is 0 Å². The highest BCUT2D eigenvalue weighted by Crippen LogP contribution is 2.46. The predicted octanol–water partition coefficient (Wildman–Crippen LogP) is 3.25. The van der Waals surface area contributed by atoms with E-state index in [0.29, 0.717) is 30.0 Å². The van der Waals surface area contributed by atoms with Crippen molar-refractivity contribution in [3.8, 4) is 5.75 Å². The van der Waals surface area contributed by atoms with Gasteiger partial charge in [-0.3, -0.25) is 4.79 Å². The van der Waals surface area contributed by atoms with E-state index in [4.69, 9.17) is 19.9 Å². The normalized spacial score (nSPS) is 26.4. The minimum atomic E-state index is -0.559. The topological polar surface area (TPSA) is 70.8 Å². The number of benzene rings is 1. The van der Waals surface area contributed by atoms with Crippen molar-refractivity contribution in [2.75, 3.05) is 19.6 Å². The highest BCUT2D eigenvalue weighted by Gasteiger charge is 2.51. The summed E-state index contributed by atoms with van der Waals surface area (Å²) >= 11 is 0. The van der Waals surface area contributed by atoms with Gasteiger partial charge in [0.05, 0.1) is 12.8 Å². The quantitative estimate of drug-likeness (QED) is 0.634. The zero-order chi connectivity index (χ0) is 18.0. The third-order valence-electron chi connectivity index (χ3n) is 5.26. The first-order valence-electron chi connectivity index (χ1n) is 8.56. The van der Waals surface area contributed by atoms with E-state index < -0.39 is 5.60 Å². The molecule has 3 rings (SSSR count). The highest BCUT2D eigenvalue weighted by molar-refractivity contribution is 5.93. The fourth-order valence-corrected chi connectivity index (χ4v) is 3.84. The second-order valence-corrected chi connectivity index (χ2v) is 6.81. The van der Waals surface area contributed by atoms with Crippen LogP contribution in [-0.4, -0.2) is 25.3 Å². The average Bonchev–Trinajstić information content (AvgIpc) is 2.99. The molecule has 1 fully saturated rings. The maximum absolute atomic E-state index is 12.3. The first kappa shape index (κ1) is 17.5. The second kappa shape index (κ2) is 6.92. The van der Waals surface area contributed by atoms with Gasteiger partial charge in [0, 0.05) is 12.0 Å². The summed E-state index contributed by atoms with van der Waals surface area (Å²) in [5.41, 5.74) is 7.19. The van der Waals surface area contributed by atoms with Crippen LogP contribution >= 0.6 is 0 Å². The van der Waals surface area contributed by atoms with Crippen LogP contribution in [-0.2, 0) is 20.7 Å². The zero-order valence-corrected chi connectivity index (χ0v) is 14.8. The molecule has 134 valence electrons. The molecule has 1 aliphatic carbocycles. The third kappa shape index (κ3) is 3.16. The van der Waals surface area contributed by atoms with Gasteiger partial charge in [0.25, 0.3) is 0 Å². The number of carbonyl (C=O) groups excluding carboxylic acids is 1. The van der Waals surface area contributed by atoms with E-state index in [1.807, 2.05) is 18.2 Å². The van der Waals surface area contributed by atoms with E-state index in [1.54, 1.807) is 19.3 Å². The number of ketones is 1. The Morgan fingerprint density at radius 3 is 3.00 bits per heavy atom. The monoisotopic (exact) mass is 343 g/mol. The van der Waals surface area contributed by atoms with E-state index in [9.17, 15) is 4.79 Å². The van der Waals surface area contributed by atoms with Gasteiger partial charge in [-0.25, -0.2) is 0 Å². The smallest absolute Gasteiger partial charge is 0.189 e. The number of rotatable bonds is 6. The van der Waals surface area contributed by atoms with E-state index in [-0.39, 0.29) is 24.4 Å². The van der Waals surface area contributed by atoms with Crippen LogP contribution in [0.25, 0.3) is 0 Å². The van der Waals surface area contributed by atoms with E-state index in [2.05, 4.69) is 13.5 Å². The maximum atomic E-state index is 12.3. The second-order valence-electron chi connectivity index (χ2n) is 6.81. The van der Waals surface area contributed by atoms with Gasteiger partial charge in [0.2, 0.25) is 0 Å². The Bertz CT molecular complexity index is 712. The molecular formula is C20H25NO4. The van der Waals surface area contributed by atoms with Crippen LogP contribution in [0.3, 0.4) is 0 Å². The minimum Gasteiger partial charge on any atom is -0.495 e. The fourth-order valence-electron chi connectivity index (χ4n) is 3.84. The van der Waals surface area contributed by atoms with Gasteiger partial charge in [0.15, 0.2) is 12.6 Å². The molecule has 5 heteroatoms. The van der Waals surface area contributed by atoms with Crippen LogP contribution in [0.5, 0.6) is 5.75 Å². The van der Waals surface area contributed by atoms with Crippen molar-refractivity contribution < 1.29 is 19.0 Å². The van der Waals surface area contributed by atoms with Crippen molar-refractivity contribution in [1.29, 1.82) is 0 Å². The van der Waals surface area contributed by atoms with Crippen molar-refractivity contribution in [2.24, 2.45) is 11.8 Å². The third-order valence-corrected chi connectivity index (χ3v) is 5.26. The molecule has 3 atom stereocenters. The van der Waals surface area contributed by atoms with Gasteiger partial charge in [-0.05, 0) is 42.9 Å². The average molecular weight is 343 g/mol. The van der Waals surface area contributed by atoms with Gasteiger partial charge in [-0.15, -0.1) is 6.58 Å². The van der Waals surface area contributed by atoms with Crippen molar-refractivity contribution in [3.63, 3.8) is 0 Å². The summed E-state index contributed by atoms with van der Waals surface area (Å²) in [4.78, 5) is 12.3. The lowest BCUT2D eigenvalue weighted by molar-refractivity contribution is -0.123. The van der Waals surface area contributed by atoms with E-state index in [1.165, 1.54) is 0 Å². The predicted molar refractivity (Wildman–Crippen MR) is 96.1 cm³/mol. The molecule has 25 heavy (non-hydrogen) atoms. The summed E-state index contributed by atoms with van der Waals surface area (Å²) in [6, 6.07) is 5.82. The van der Waals surface area contributed by atoms with Crippen molar-refractivity contribution in [2.45, 2.75) is 31.8 Å². The van der Waals surface area contributed by atoms with Crippen LogP contribution < -0.4 is 10.5 Å². The van der Waals surface area contributed by atoms with Crippen LogP contribution in [0.1, 0.15) is 25.3 Å². The number of ether oxygens (including phenoxy) is 3. The first-order chi connectivity index (χ1) is 12.0. The SMILES string of the molecule is C=CC[C@H]1C[C@]2(C(C)Cc3ccc(OC)c(N)c3)OCOC2=CC1=O. The van der Waals surface area contributed by atoms with Gasteiger partial charge < -0.3 is 19.9 Å². The molecule has 0 radical (unpaired) electrons. The largest absolute Gasteiger partial charge is 0.495 e. The van der Waals surface area contributed by atoms with Crippen LogP contribution in [0, 0.1) is 11.8 Å². The highest BCUT2D eigenvalue weighted by atomic mass is 16.7. The molecule has 2 aliphatic rings. The molecule has 0 aromatic heterocycles. The number of nitrogens with two attached hydrogens (primary N) is 1. The Hall–Kier alpha value is -2.27. The molecule has 1 aliphatic heterocycles. The lowest BCUT2D eigenvalue weighted by Crippen LogP contribution is -2.44. The summed E-state index contributed by atoms with van der Waals surface area (Å²) in [5.74, 6) is 1.45. The molecule has 0 spiro atoms. The molecule has 1 aromatic rings. The Balaban J connectivity index is 1.85. The molecule has 0 saturated carbocycles. The van der Waals surface area contributed by atoms with Gasteiger partial charge in [-0.1, -0.05) is 19.1 Å². The van der Waals surface area contributed by atoms with Crippen LogP contribution in [0.2, 0.25) is 0 Å². The number of methoxy groups -OCH3 is 1. The number of allylic oxidation sites excluding steroid dienone is 2. The Kier molecular flexibility index (Phi) is 4.86. The van der Waals surface area contributed by atoms with Crippen LogP contribution in [0.15, 0.2) is 42.7 Å². The maximum Gasteiger partial charge on any atom is 0.189 e. The fraction of sp³-hybridized carbons (Fsp3) is 0.450. The standard InChI is InChI=1S/C20H25NO4/c1-4-5-15-11-20(19(10-17(15)22)24-12-25-20)13(2)8-14-6-7-18(23-3)16(21)9-14/h4,6-7,9-10,13,15H,1,5,8,11-12,21H2,2-3H3/t13?,15-,20+/m0/s1. The molecule has 5 nitrogen and oxygen atoms in total. The zero-order valence-electron chi connectivity index (χ0n) is 14.8. The Morgan fingerprint density at radius 2 is 2.32 bits per heavy atom. The minimum absolute atomic E-state index is 0.0944. The molecule has 1 heterocycles. The number of nitrogen functional groups attached to an aromatic ring is 1. The summed E-state index contributed by atoms with van der Waals surface area (Å²) in [6.07, 6.45) is 5.44. The molecule has 0 amide bonds. The lowest BCUT2D eigenvalue weighted by Gasteiger charge is -2.38. The summed E-state index contributed by atoms with van der Waals surface area (Å²) in [5, 5.41) is 0. The first-order valence-corrected chi connectivity index (χ1v) is 8.56. The molecule has 1 unspecified atom stereocenters. The van der Waals surface area contributed by atoms with Gasteiger partial charge >= 0.3 is 0 Å². The van der Waals surface area contributed by atoms with E-state index >= 15 is 0 Å². The number of fused-ring (bicyclic) bond motifs is 1. The summed E-state index contributed by atoms with van der Waals surface area (Å²) in [7, 11) is 1.60. The summed E-state index contributed by atoms with van der Waals surface area (Å²) < 4.78 is 16.9. The number of anilines is 1. The van der Waals surface area contributed by atoms with Crippen molar-refractivity contribution in [1.82, 2.24) is 0 Å². The molecule has 2 N–H and O–H groups in total. The molecular weight excluding hydrogens is 318 g/mol. The Labute approximate surface area is 148 Å². The molecule has 0 bridgehead atoms. The van der Waals surface area contributed by atoms with Crippen molar-refractivity contribution in [3.05, 3.63) is 48.3 Å². The Morgan fingerprint density at radius 1 is 1.52 bits per heavy atom. The number of hydrogen-bond acceptors (Lipinski definition) is 5. The molecule has 1 aromatic carbocycles.